The molecule has 3 aromatic rings. The summed E-state index contributed by atoms with van der Waals surface area (Å²) in [5.41, 5.74) is 1.43. The van der Waals surface area contributed by atoms with Crippen molar-refractivity contribution in [2.75, 3.05) is 32.7 Å². The lowest BCUT2D eigenvalue weighted by atomic mass is 9.96. The molecular weight excluding hydrogens is 394 g/mol. The normalized spacial score (nSPS) is 11.0. The lowest BCUT2D eigenvalue weighted by molar-refractivity contribution is -0.118. The van der Waals surface area contributed by atoms with Gasteiger partial charge in [-0.2, -0.15) is 0 Å². The molecule has 5 heteroatoms. The van der Waals surface area contributed by atoms with E-state index in [0.29, 0.717) is 0 Å². The number of rotatable bonds is 11. The van der Waals surface area contributed by atoms with Crippen molar-refractivity contribution >= 4 is 39.9 Å². The van der Waals surface area contributed by atoms with Crippen molar-refractivity contribution in [3.8, 4) is 0 Å². The average molecular weight is 428 g/mol. The lowest BCUT2D eigenvalue weighted by Gasteiger charge is -2.23. The van der Waals surface area contributed by atoms with Gasteiger partial charge in [-0.05, 0) is 72.2 Å². The van der Waals surface area contributed by atoms with Gasteiger partial charge in [0.2, 0.25) is 5.91 Å². The molecule has 2 N–H and O–H groups in total. The largest absolute Gasteiger partial charge is 0.356 e. The first-order chi connectivity index (χ1) is 14.2. The maximum Gasteiger partial charge on any atom is 0.216 e. The van der Waals surface area contributed by atoms with Gasteiger partial charge in [0.25, 0.3) is 0 Å². The zero-order valence-corrected chi connectivity index (χ0v) is 18.9. The standard InChI is InChI=1S/C25H33N3O.ClH/c1-3-28(17-9-15-26-14-8-16-27-20(2)29)19-25-23-12-6-4-10-21(23)18-22-11-5-7-13-24(22)25;/h4-7,10-13,18,26H,3,8-9,14-17,19H2,1-2H3,(H,27,29);1H. The predicted octanol–water partition coefficient (Wildman–Crippen LogP) is 4.74. The van der Waals surface area contributed by atoms with Crippen molar-refractivity contribution in [3.05, 3.63) is 60.2 Å². The van der Waals surface area contributed by atoms with E-state index in [1.165, 1.54) is 27.1 Å². The minimum absolute atomic E-state index is 0. The molecule has 4 nitrogen and oxygen atoms in total. The summed E-state index contributed by atoms with van der Waals surface area (Å²) in [6, 6.07) is 19.8. The van der Waals surface area contributed by atoms with Gasteiger partial charge in [-0.1, -0.05) is 55.5 Å². The van der Waals surface area contributed by atoms with Gasteiger partial charge in [-0.3, -0.25) is 9.69 Å². The van der Waals surface area contributed by atoms with E-state index in [1.807, 2.05) is 0 Å². The smallest absolute Gasteiger partial charge is 0.216 e. The average Bonchev–Trinajstić information content (AvgIpc) is 2.74. The molecule has 162 valence electrons. The number of carbonyl (C=O) groups excluding carboxylic acids is 1. The van der Waals surface area contributed by atoms with Crippen molar-refractivity contribution in [3.63, 3.8) is 0 Å². The first-order valence-electron chi connectivity index (χ1n) is 10.8. The van der Waals surface area contributed by atoms with Crippen LogP contribution < -0.4 is 10.6 Å². The zero-order chi connectivity index (χ0) is 20.5. The van der Waals surface area contributed by atoms with Crippen molar-refractivity contribution in [1.29, 1.82) is 0 Å². The maximum absolute atomic E-state index is 10.9. The van der Waals surface area contributed by atoms with E-state index in [2.05, 4.69) is 77.1 Å². The van der Waals surface area contributed by atoms with Crippen LogP contribution in [0.15, 0.2) is 54.6 Å². The molecule has 0 atom stereocenters. The third-order valence-electron chi connectivity index (χ3n) is 5.44. The maximum atomic E-state index is 10.9. The number of fused-ring (bicyclic) bond motifs is 2. The number of hydrogen-bond acceptors (Lipinski definition) is 3. The molecule has 3 rings (SSSR count). The van der Waals surface area contributed by atoms with Crippen LogP contribution in [0.5, 0.6) is 0 Å². The van der Waals surface area contributed by atoms with Gasteiger partial charge < -0.3 is 10.6 Å². The third kappa shape index (κ3) is 6.69. The summed E-state index contributed by atoms with van der Waals surface area (Å²) in [6.45, 7) is 9.60. The quantitative estimate of drug-likeness (QED) is 0.343. The molecule has 0 aliphatic rings. The second-order valence-electron chi connectivity index (χ2n) is 7.61. The van der Waals surface area contributed by atoms with Crippen LogP contribution in [0, 0.1) is 0 Å². The number of amides is 1. The molecular formula is C25H34ClN3O. The van der Waals surface area contributed by atoms with Crippen LogP contribution in [-0.2, 0) is 11.3 Å². The first-order valence-corrected chi connectivity index (χ1v) is 10.8. The minimum atomic E-state index is 0. The highest BCUT2D eigenvalue weighted by atomic mass is 35.5. The van der Waals surface area contributed by atoms with E-state index in [0.717, 1.165) is 52.1 Å². The van der Waals surface area contributed by atoms with E-state index in [4.69, 9.17) is 0 Å². The Morgan fingerprint density at radius 2 is 1.50 bits per heavy atom. The molecule has 0 radical (unpaired) electrons. The fourth-order valence-corrected chi connectivity index (χ4v) is 3.88. The van der Waals surface area contributed by atoms with E-state index in [-0.39, 0.29) is 18.3 Å². The Bertz CT molecular complexity index is 890. The minimum Gasteiger partial charge on any atom is -0.356 e. The van der Waals surface area contributed by atoms with E-state index >= 15 is 0 Å². The van der Waals surface area contributed by atoms with Crippen LogP contribution in [-0.4, -0.2) is 43.5 Å². The van der Waals surface area contributed by atoms with Gasteiger partial charge in [-0.15, -0.1) is 12.4 Å². The number of halogens is 1. The summed E-state index contributed by atoms with van der Waals surface area (Å²) in [5, 5.41) is 11.7. The Kier molecular flexibility index (Phi) is 10.1. The highest BCUT2D eigenvalue weighted by Crippen LogP contribution is 2.29. The Morgan fingerprint density at radius 3 is 2.10 bits per heavy atom. The SMILES string of the molecule is CCN(CCCNCCCNC(C)=O)Cc1c2ccccc2cc2ccccc12.Cl. The summed E-state index contributed by atoms with van der Waals surface area (Å²) in [7, 11) is 0. The monoisotopic (exact) mass is 427 g/mol. The summed E-state index contributed by atoms with van der Waals surface area (Å²) in [4.78, 5) is 13.4. The molecule has 0 heterocycles. The Hall–Kier alpha value is -2.14. The van der Waals surface area contributed by atoms with Crippen molar-refractivity contribution in [2.24, 2.45) is 0 Å². The van der Waals surface area contributed by atoms with Gasteiger partial charge >= 0.3 is 0 Å². The predicted molar refractivity (Wildman–Crippen MR) is 130 cm³/mol. The molecule has 0 aliphatic heterocycles. The molecule has 1 amide bonds. The third-order valence-corrected chi connectivity index (χ3v) is 5.44. The van der Waals surface area contributed by atoms with E-state index in [1.54, 1.807) is 6.92 Å². The zero-order valence-electron chi connectivity index (χ0n) is 18.1. The van der Waals surface area contributed by atoms with Crippen LogP contribution in [0.25, 0.3) is 21.5 Å². The summed E-state index contributed by atoms with van der Waals surface area (Å²) >= 11 is 0. The molecule has 30 heavy (non-hydrogen) atoms. The van der Waals surface area contributed by atoms with E-state index in [9.17, 15) is 4.79 Å². The topological polar surface area (TPSA) is 44.4 Å². The fourth-order valence-electron chi connectivity index (χ4n) is 3.88. The van der Waals surface area contributed by atoms with Crippen LogP contribution in [0.3, 0.4) is 0 Å². The summed E-state index contributed by atoms with van der Waals surface area (Å²) < 4.78 is 0. The molecule has 0 fully saturated rings. The molecule has 3 aromatic carbocycles. The lowest BCUT2D eigenvalue weighted by Crippen LogP contribution is -2.29. The van der Waals surface area contributed by atoms with Crippen LogP contribution in [0.2, 0.25) is 0 Å². The van der Waals surface area contributed by atoms with Gasteiger partial charge in [0.15, 0.2) is 0 Å². The molecule has 0 bridgehead atoms. The highest BCUT2D eigenvalue weighted by Gasteiger charge is 2.11. The van der Waals surface area contributed by atoms with Crippen LogP contribution >= 0.6 is 12.4 Å². The fraction of sp³-hybridized carbons (Fsp3) is 0.400. The van der Waals surface area contributed by atoms with Gasteiger partial charge in [0.1, 0.15) is 0 Å². The van der Waals surface area contributed by atoms with Crippen molar-refractivity contribution < 1.29 is 4.79 Å². The summed E-state index contributed by atoms with van der Waals surface area (Å²) in [6.07, 6.45) is 2.09. The molecule has 0 unspecified atom stereocenters. The highest BCUT2D eigenvalue weighted by molar-refractivity contribution is 6.02. The Morgan fingerprint density at radius 1 is 0.900 bits per heavy atom. The molecule has 0 saturated heterocycles. The van der Waals surface area contributed by atoms with Crippen LogP contribution in [0.4, 0.5) is 0 Å². The first kappa shape index (κ1) is 24.1. The molecule has 0 spiro atoms. The molecule has 0 aromatic heterocycles. The number of nitrogens with one attached hydrogen (secondary N) is 2. The Labute approximate surface area is 186 Å². The van der Waals surface area contributed by atoms with Gasteiger partial charge in [0, 0.05) is 20.0 Å². The van der Waals surface area contributed by atoms with E-state index < -0.39 is 0 Å². The molecule has 0 saturated carbocycles. The number of nitrogens with zero attached hydrogens (tertiary/aromatic N) is 1. The number of benzene rings is 3. The Balaban J connectivity index is 0.00000320. The van der Waals surface area contributed by atoms with Crippen molar-refractivity contribution in [1.82, 2.24) is 15.5 Å². The van der Waals surface area contributed by atoms with Gasteiger partial charge in [0.05, 0.1) is 0 Å². The van der Waals surface area contributed by atoms with Crippen LogP contribution in [0.1, 0.15) is 32.3 Å². The van der Waals surface area contributed by atoms with Gasteiger partial charge in [-0.25, -0.2) is 0 Å². The number of carbonyl (C=O) groups is 1. The second-order valence-corrected chi connectivity index (χ2v) is 7.61. The molecule has 0 aliphatic carbocycles. The number of hydrogen-bond donors (Lipinski definition) is 2. The second kappa shape index (κ2) is 12.5. The summed E-state index contributed by atoms with van der Waals surface area (Å²) in [5.74, 6) is 0.0459. The van der Waals surface area contributed by atoms with Crippen molar-refractivity contribution in [2.45, 2.75) is 33.2 Å².